The van der Waals surface area contributed by atoms with Crippen LogP contribution in [0.1, 0.15) is 21.5 Å². The Morgan fingerprint density at radius 3 is 2.72 bits per heavy atom. The van der Waals surface area contributed by atoms with Gasteiger partial charge >= 0.3 is 0 Å². The number of rotatable bonds is 3. The Balaban J connectivity index is 3.12. The van der Waals surface area contributed by atoms with E-state index in [1.54, 1.807) is 19.2 Å². The minimum absolute atomic E-state index is 0.0777. The highest BCUT2D eigenvalue weighted by Gasteiger charge is 2.14. The SMILES string of the molecule is Cc1ccc(C#CCO)c(C(=O)N(C)CCO)c1. The molecule has 0 radical (unpaired) electrons. The zero-order valence-corrected chi connectivity index (χ0v) is 10.6. The minimum atomic E-state index is -0.242. The lowest BCUT2D eigenvalue weighted by molar-refractivity contribution is 0.0766. The largest absolute Gasteiger partial charge is 0.395 e. The van der Waals surface area contributed by atoms with Crippen LogP contribution in [-0.2, 0) is 0 Å². The number of aryl methyl sites for hydroxylation is 1. The van der Waals surface area contributed by atoms with E-state index in [9.17, 15) is 4.79 Å². The topological polar surface area (TPSA) is 60.8 Å². The van der Waals surface area contributed by atoms with Crippen molar-refractivity contribution in [3.8, 4) is 11.8 Å². The second-order valence-corrected chi connectivity index (χ2v) is 3.96. The lowest BCUT2D eigenvalue weighted by Crippen LogP contribution is -2.30. The van der Waals surface area contributed by atoms with E-state index >= 15 is 0 Å². The Morgan fingerprint density at radius 2 is 2.11 bits per heavy atom. The molecule has 18 heavy (non-hydrogen) atoms. The van der Waals surface area contributed by atoms with Gasteiger partial charge < -0.3 is 15.1 Å². The van der Waals surface area contributed by atoms with E-state index in [2.05, 4.69) is 11.8 Å². The third kappa shape index (κ3) is 3.59. The molecule has 0 spiro atoms. The van der Waals surface area contributed by atoms with Crippen LogP contribution in [0.15, 0.2) is 18.2 Å². The Morgan fingerprint density at radius 1 is 1.39 bits per heavy atom. The molecule has 2 N–H and O–H groups in total. The highest BCUT2D eigenvalue weighted by Crippen LogP contribution is 2.13. The molecular weight excluding hydrogens is 230 g/mol. The summed E-state index contributed by atoms with van der Waals surface area (Å²) < 4.78 is 0. The number of aliphatic hydroxyl groups is 2. The highest BCUT2D eigenvalue weighted by molar-refractivity contribution is 5.96. The van der Waals surface area contributed by atoms with Crippen molar-refractivity contribution in [1.82, 2.24) is 4.90 Å². The van der Waals surface area contributed by atoms with Crippen molar-refractivity contribution in [1.29, 1.82) is 0 Å². The monoisotopic (exact) mass is 247 g/mol. The van der Waals surface area contributed by atoms with E-state index in [1.807, 2.05) is 13.0 Å². The molecule has 0 aromatic heterocycles. The van der Waals surface area contributed by atoms with Crippen LogP contribution in [-0.4, -0.2) is 47.8 Å². The van der Waals surface area contributed by atoms with Gasteiger partial charge in [0.25, 0.3) is 5.91 Å². The maximum Gasteiger partial charge on any atom is 0.254 e. The summed E-state index contributed by atoms with van der Waals surface area (Å²) in [7, 11) is 1.63. The maximum absolute atomic E-state index is 12.2. The Labute approximate surface area is 107 Å². The van der Waals surface area contributed by atoms with Gasteiger partial charge in [0.2, 0.25) is 0 Å². The van der Waals surface area contributed by atoms with Crippen LogP contribution in [0.5, 0.6) is 0 Å². The lowest BCUT2D eigenvalue weighted by atomic mass is 10.0. The number of hydrogen-bond acceptors (Lipinski definition) is 3. The van der Waals surface area contributed by atoms with E-state index < -0.39 is 0 Å². The standard InChI is InChI=1S/C14H17NO3/c1-11-5-6-12(4-3-8-16)13(10-11)14(18)15(2)7-9-17/h5-6,10,16-17H,7-9H2,1-2H3. The fourth-order valence-corrected chi connectivity index (χ4v) is 1.54. The molecule has 0 heterocycles. The summed E-state index contributed by atoms with van der Waals surface area (Å²) in [6.45, 7) is 1.85. The molecule has 4 heteroatoms. The predicted molar refractivity (Wildman–Crippen MR) is 69.2 cm³/mol. The van der Waals surface area contributed by atoms with Gasteiger partial charge in [0.15, 0.2) is 0 Å². The zero-order chi connectivity index (χ0) is 13.5. The first-order chi connectivity index (χ1) is 8.60. The first kappa shape index (κ1) is 14.2. The zero-order valence-electron chi connectivity index (χ0n) is 10.6. The second-order valence-electron chi connectivity index (χ2n) is 3.96. The van der Waals surface area contributed by atoms with Gasteiger partial charge in [0.1, 0.15) is 6.61 Å². The fourth-order valence-electron chi connectivity index (χ4n) is 1.54. The molecule has 0 fully saturated rings. The molecule has 1 aromatic carbocycles. The van der Waals surface area contributed by atoms with Gasteiger partial charge in [-0.05, 0) is 19.1 Å². The van der Waals surface area contributed by atoms with E-state index in [0.29, 0.717) is 11.1 Å². The van der Waals surface area contributed by atoms with Gasteiger partial charge in [0, 0.05) is 19.2 Å². The van der Waals surface area contributed by atoms with Crippen LogP contribution in [0.4, 0.5) is 0 Å². The Kier molecular flexibility index (Phi) is 5.37. The van der Waals surface area contributed by atoms with Crippen molar-refractivity contribution in [2.24, 2.45) is 0 Å². The molecule has 0 saturated heterocycles. The molecule has 0 aliphatic carbocycles. The van der Waals surface area contributed by atoms with E-state index in [1.165, 1.54) is 4.90 Å². The number of carbonyl (C=O) groups is 1. The summed E-state index contributed by atoms with van der Waals surface area (Å²) in [5.41, 5.74) is 2.04. The Hall–Kier alpha value is -1.83. The molecule has 0 unspecified atom stereocenters. The molecule has 0 saturated carbocycles. The number of likely N-dealkylation sites (N-methyl/N-ethyl adjacent to an activating group) is 1. The van der Waals surface area contributed by atoms with Crippen molar-refractivity contribution in [3.05, 3.63) is 34.9 Å². The molecular formula is C14H17NO3. The van der Waals surface area contributed by atoms with E-state index in [-0.39, 0.29) is 25.7 Å². The highest BCUT2D eigenvalue weighted by atomic mass is 16.3. The van der Waals surface area contributed by atoms with Crippen molar-refractivity contribution >= 4 is 5.91 Å². The molecule has 4 nitrogen and oxygen atoms in total. The quantitative estimate of drug-likeness (QED) is 0.760. The first-order valence-electron chi connectivity index (χ1n) is 5.67. The summed E-state index contributed by atoms with van der Waals surface area (Å²) in [6.07, 6.45) is 0. The van der Waals surface area contributed by atoms with Crippen LogP contribution in [0.2, 0.25) is 0 Å². The summed E-state index contributed by atoms with van der Waals surface area (Å²) in [6, 6.07) is 5.39. The first-order valence-corrected chi connectivity index (χ1v) is 5.67. The number of amides is 1. The minimum Gasteiger partial charge on any atom is -0.395 e. The number of benzene rings is 1. The summed E-state index contributed by atoms with van der Waals surface area (Å²) >= 11 is 0. The third-order valence-corrected chi connectivity index (χ3v) is 2.49. The van der Waals surface area contributed by atoms with Crippen molar-refractivity contribution in [2.45, 2.75) is 6.92 Å². The van der Waals surface area contributed by atoms with Crippen molar-refractivity contribution < 1.29 is 15.0 Å². The van der Waals surface area contributed by atoms with Gasteiger partial charge in [-0.1, -0.05) is 23.5 Å². The Bertz CT molecular complexity index is 486. The molecule has 0 bridgehead atoms. The molecule has 1 aromatic rings. The second kappa shape index (κ2) is 6.80. The lowest BCUT2D eigenvalue weighted by Gasteiger charge is -2.17. The molecule has 0 aliphatic rings. The molecule has 0 atom stereocenters. The summed E-state index contributed by atoms with van der Waals surface area (Å²) in [4.78, 5) is 13.6. The van der Waals surface area contributed by atoms with Gasteiger partial charge in [0.05, 0.1) is 12.2 Å². The number of nitrogens with zero attached hydrogens (tertiary/aromatic N) is 1. The van der Waals surface area contributed by atoms with E-state index in [0.717, 1.165) is 5.56 Å². The molecule has 0 aliphatic heterocycles. The maximum atomic E-state index is 12.2. The van der Waals surface area contributed by atoms with Crippen LogP contribution in [0.3, 0.4) is 0 Å². The van der Waals surface area contributed by atoms with Crippen LogP contribution in [0, 0.1) is 18.8 Å². The van der Waals surface area contributed by atoms with Gasteiger partial charge in [-0.15, -0.1) is 0 Å². The average Bonchev–Trinajstić information content (AvgIpc) is 2.36. The summed E-state index contributed by atoms with van der Waals surface area (Å²) in [5, 5.41) is 17.5. The van der Waals surface area contributed by atoms with Crippen LogP contribution < -0.4 is 0 Å². The molecule has 96 valence electrons. The van der Waals surface area contributed by atoms with E-state index in [4.69, 9.17) is 10.2 Å². The van der Waals surface area contributed by atoms with Gasteiger partial charge in [-0.2, -0.15) is 0 Å². The van der Waals surface area contributed by atoms with Gasteiger partial charge in [-0.25, -0.2) is 0 Å². The third-order valence-electron chi connectivity index (χ3n) is 2.49. The average molecular weight is 247 g/mol. The number of aliphatic hydroxyl groups excluding tert-OH is 2. The fraction of sp³-hybridized carbons (Fsp3) is 0.357. The van der Waals surface area contributed by atoms with Crippen molar-refractivity contribution in [3.63, 3.8) is 0 Å². The van der Waals surface area contributed by atoms with Crippen LogP contribution in [0.25, 0.3) is 0 Å². The van der Waals surface area contributed by atoms with Crippen molar-refractivity contribution in [2.75, 3.05) is 26.8 Å². The predicted octanol–water partition coefficient (Wildman–Crippen LogP) is 0.403. The number of hydrogen-bond donors (Lipinski definition) is 2. The van der Waals surface area contributed by atoms with Crippen LogP contribution >= 0.6 is 0 Å². The number of carbonyl (C=O) groups excluding carboxylic acids is 1. The normalized spacial score (nSPS) is 9.56. The summed E-state index contributed by atoms with van der Waals surface area (Å²) in [5.74, 6) is 5.11. The van der Waals surface area contributed by atoms with Gasteiger partial charge in [-0.3, -0.25) is 4.79 Å². The molecule has 1 amide bonds. The molecule has 1 rings (SSSR count). The smallest absolute Gasteiger partial charge is 0.254 e.